The van der Waals surface area contributed by atoms with Crippen molar-refractivity contribution in [3.8, 4) is 17.1 Å². The molecule has 0 spiro atoms. The molecular weight excluding hydrogens is 216 g/mol. The van der Waals surface area contributed by atoms with Crippen molar-refractivity contribution < 1.29 is 4.74 Å². The van der Waals surface area contributed by atoms with Crippen LogP contribution in [0.3, 0.4) is 0 Å². The molecule has 0 aliphatic carbocycles. The molecule has 2 aromatic rings. The van der Waals surface area contributed by atoms with Crippen LogP contribution < -0.4 is 10.3 Å². The number of aromatic nitrogens is 2. The van der Waals surface area contributed by atoms with Crippen molar-refractivity contribution in [3.05, 3.63) is 45.9 Å². The molecule has 88 valence electrons. The minimum absolute atomic E-state index is 0.0891. The van der Waals surface area contributed by atoms with Crippen molar-refractivity contribution in [2.75, 3.05) is 7.11 Å². The van der Waals surface area contributed by atoms with Gasteiger partial charge in [-0.1, -0.05) is 29.8 Å². The number of ether oxygens (including phenoxy) is 1. The zero-order chi connectivity index (χ0) is 12.4. The summed E-state index contributed by atoms with van der Waals surface area (Å²) in [5, 5.41) is 0. The Morgan fingerprint density at radius 3 is 2.41 bits per heavy atom. The van der Waals surface area contributed by atoms with E-state index < -0.39 is 0 Å². The van der Waals surface area contributed by atoms with Crippen LogP contribution in [-0.4, -0.2) is 17.1 Å². The zero-order valence-electron chi connectivity index (χ0n) is 10.1. The Morgan fingerprint density at radius 2 is 1.82 bits per heavy atom. The van der Waals surface area contributed by atoms with Crippen LogP contribution in [0.25, 0.3) is 11.3 Å². The fourth-order valence-corrected chi connectivity index (χ4v) is 1.65. The first kappa shape index (κ1) is 11.4. The Morgan fingerprint density at radius 1 is 1.18 bits per heavy atom. The zero-order valence-corrected chi connectivity index (χ0v) is 10.1. The second kappa shape index (κ2) is 4.41. The second-order valence-electron chi connectivity index (χ2n) is 3.91. The van der Waals surface area contributed by atoms with Crippen LogP contribution >= 0.6 is 0 Å². The minimum atomic E-state index is -0.305. The summed E-state index contributed by atoms with van der Waals surface area (Å²) in [6, 6.07) is 7.97. The van der Waals surface area contributed by atoms with E-state index in [-0.39, 0.29) is 11.4 Å². The van der Waals surface area contributed by atoms with Gasteiger partial charge in [-0.25, -0.2) is 4.98 Å². The van der Waals surface area contributed by atoms with E-state index in [0.717, 1.165) is 17.0 Å². The highest BCUT2D eigenvalue weighted by Gasteiger charge is 2.09. The van der Waals surface area contributed by atoms with Crippen LogP contribution in [0.15, 0.2) is 29.1 Å². The maximum Gasteiger partial charge on any atom is 0.310 e. The highest BCUT2D eigenvalue weighted by atomic mass is 16.5. The summed E-state index contributed by atoms with van der Waals surface area (Å²) in [4.78, 5) is 18.4. The maximum absolute atomic E-state index is 11.5. The van der Waals surface area contributed by atoms with Crippen molar-refractivity contribution in [3.63, 3.8) is 0 Å². The van der Waals surface area contributed by atoms with E-state index >= 15 is 0 Å². The summed E-state index contributed by atoms with van der Waals surface area (Å²) in [6.07, 6.45) is 0. The molecule has 0 saturated heterocycles. The van der Waals surface area contributed by atoms with Gasteiger partial charge in [0.05, 0.1) is 12.8 Å². The Labute approximate surface area is 99.3 Å². The predicted octanol–water partition coefficient (Wildman–Crippen LogP) is 2.06. The minimum Gasteiger partial charge on any atom is -0.477 e. The molecule has 0 unspecified atom stereocenters. The number of methoxy groups -OCH3 is 1. The molecule has 2 rings (SSSR count). The van der Waals surface area contributed by atoms with Crippen LogP contribution in [0.5, 0.6) is 5.88 Å². The lowest BCUT2D eigenvalue weighted by Gasteiger charge is -2.07. The number of aryl methyl sites for hydroxylation is 2. The van der Waals surface area contributed by atoms with E-state index in [4.69, 9.17) is 4.74 Å². The molecule has 0 bridgehead atoms. The van der Waals surface area contributed by atoms with Gasteiger partial charge >= 0.3 is 5.56 Å². The molecule has 0 amide bonds. The van der Waals surface area contributed by atoms with Crippen LogP contribution in [-0.2, 0) is 0 Å². The summed E-state index contributed by atoms with van der Waals surface area (Å²) < 4.78 is 4.93. The fraction of sp³-hybridized carbons (Fsp3) is 0.231. The number of nitrogens with zero attached hydrogens (tertiary/aromatic N) is 1. The molecule has 1 aromatic carbocycles. The standard InChI is InChI=1S/C13H14N2O2/c1-8-4-6-10(7-5-8)11-9(2)14-12(16)13(15-11)17-3/h4-7H,1-3H3,(H,14,16). The number of benzene rings is 1. The molecule has 0 aliphatic rings. The molecule has 0 saturated carbocycles. The molecule has 0 fully saturated rings. The van der Waals surface area contributed by atoms with E-state index in [1.54, 1.807) is 0 Å². The SMILES string of the molecule is COc1nc(-c2ccc(C)cc2)c(C)[nH]c1=O. The molecule has 4 nitrogen and oxygen atoms in total. The smallest absolute Gasteiger partial charge is 0.310 e. The second-order valence-corrected chi connectivity index (χ2v) is 3.91. The van der Waals surface area contributed by atoms with E-state index in [1.807, 2.05) is 38.1 Å². The largest absolute Gasteiger partial charge is 0.477 e. The van der Waals surface area contributed by atoms with Gasteiger partial charge in [-0.2, -0.15) is 0 Å². The van der Waals surface area contributed by atoms with E-state index in [1.165, 1.54) is 12.7 Å². The van der Waals surface area contributed by atoms with Crippen molar-refractivity contribution in [1.29, 1.82) is 0 Å². The lowest BCUT2D eigenvalue weighted by atomic mass is 10.1. The van der Waals surface area contributed by atoms with Gasteiger partial charge in [0.25, 0.3) is 5.88 Å². The topological polar surface area (TPSA) is 55.0 Å². The van der Waals surface area contributed by atoms with Gasteiger partial charge in [0.2, 0.25) is 0 Å². The van der Waals surface area contributed by atoms with Gasteiger partial charge < -0.3 is 9.72 Å². The van der Waals surface area contributed by atoms with Gasteiger partial charge in [-0.05, 0) is 13.8 Å². The Balaban J connectivity index is 2.59. The lowest BCUT2D eigenvalue weighted by Crippen LogP contribution is -2.13. The molecular formula is C13H14N2O2. The van der Waals surface area contributed by atoms with Gasteiger partial charge in [0.15, 0.2) is 0 Å². The molecule has 0 atom stereocenters. The first-order chi connectivity index (χ1) is 8.11. The Bertz CT molecular complexity index is 585. The van der Waals surface area contributed by atoms with E-state index in [2.05, 4.69) is 9.97 Å². The summed E-state index contributed by atoms with van der Waals surface area (Å²) in [6.45, 7) is 3.85. The van der Waals surface area contributed by atoms with Crippen LogP contribution in [0, 0.1) is 13.8 Å². The van der Waals surface area contributed by atoms with Crippen LogP contribution in [0.4, 0.5) is 0 Å². The van der Waals surface area contributed by atoms with Gasteiger partial charge in [-0.3, -0.25) is 4.79 Å². The third-order valence-corrected chi connectivity index (χ3v) is 2.58. The van der Waals surface area contributed by atoms with Crippen molar-refractivity contribution >= 4 is 0 Å². The normalized spacial score (nSPS) is 10.3. The number of hydrogen-bond donors (Lipinski definition) is 1. The maximum atomic E-state index is 11.5. The number of nitrogens with one attached hydrogen (secondary N) is 1. The number of rotatable bonds is 2. The monoisotopic (exact) mass is 230 g/mol. The number of hydrogen-bond acceptors (Lipinski definition) is 3. The van der Waals surface area contributed by atoms with Gasteiger partial charge in [0, 0.05) is 11.3 Å². The molecule has 0 aliphatic heterocycles. The summed E-state index contributed by atoms with van der Waals surface area (Å²) in [5.74, 6) is 0.0891. The molecule has 1 aromatic heterocycles. The lowest BCUT2D eigenvalue weighted by molar-refractivity contribution is 0.391. The van der Waals surface area contributed by atoms with E-state index in [0.29, 0.717) is 0 Å². The fourth-order valence-electron chi connectivity index (χ4n) is 1.65. The van der Waals surface area contributed by atoms with E-state index in [9.17, 15) is 4.79 Å². The molecule has 1 N–H and O–H groups in total. The summed E-state index contributed by atoms with van der Waals surface area (Å²) in [7, 11) is 1.44. The number of H-pyrrole nitrogens is 1. The third-order valence-electron chi connectivity index (χ3n) is 2.58. The number of aromatic amines is 1. The first-order valence-corrected chi connectivity index (χ1v) is 5.34. The molecule has 0 radical (unpaired) electrons. The van der Waals surface area contributed by atoms with Gasteiger partial charge in [0.1, 0.15) is 0 Å². The van der Waals surface area contributed by atoms with Crippen molar-refractivity contribution in [2.24, 2.45) is 0 Å². The van der Waals surface area contributed by atoms with Crippen molar-refractivity contribution in [1.82, 2.24) is 9.97 Å². The Hall–Kier alpha value is -2.10. The van der Waals surface area contributed by atoms with Gasteiger partial charge in [-0.15, -0.1) is 0 Å². The molecule has 4 heteroatoms. The van der Waals surface area contributed by atoms with Crippen LogP contribution in [0.1, 0.15) is 11.3 Å². The Kier molecular flexibility index (Phi) is 2.95. The molecule has 17 heavy (non-hydrogen) atoms. The summed E-state index contributed by atoms with van der Waals surface area (Å²) >= 11 is 0. The average Bonchev–Trinajstić information content (AvgIpc) is 2.31. The summed E-state index contributed by atoms with van der Waals surface area (Å²) in [5.41, 5.74) is 3.31. The first-order valence-electron chi connectivity index (χ1n) is 5.34. The quantitative estimate of drug-likeness (QED) is 0.859. The third kappa shape index (κ3) is 2.20. The van der Waals surface area contributed by atoms with Crippen molar-refractivity contribution in [2.45, 2.75) is 13.8 Å². The molecule has 1 heterocycles. The highest BCUT2D eigenvalue weighted by molar-refractivity contribution is 5.62. The average molecular weight is 230 g/mol. The highest BCUT2D eigenvalue weighted by Crippen LogP contribution is 2.20. The predicted molar refractivity (Wildman–Crippen MR) is 66.3 cm³/mol. The van der Waals surface area contributed by atoms with Crippen LogP contribution in [0.2, 0.25) is 0 Å².